The maximum absolute atomic E-state index is 14.4. The van der Waals surface area contributed by atoms with Crippen molar-refractivity contribution in [3.05, 3.63) is 79.3 Å². The highest BCUT2D eigenvalue weighted by Gasteiger charge is 2.23. The first kappa shape index (κ1) is 21.8. The lowest BCUT2D eigenvalue weighted by Gasteiger charge is -2.13. The van der Waals surface area contributed by atoms with Crippen molar-refractivity contribution in [3.63, 3.8) is 0 Å². The molecule has 33 heavy (non-hydrogen) atoms. The van der Waals surface area contributed by atoms with Gasteiger partial charge in [-0.3, -0.25) is 4.79 Å². The van der Waals surface area contributed by atoms with Crippen LogP contribution in [-0.2, 0) is 4.79 Å². The first-order valence-corrected chi connectivity index (χ1v) is 10.3. The molecular formula is C24H22FN5O3. The molecule has 8 nitrogen and oxygen atoms in total. The average Bonchev–Trinajstić information content (AvgIpc) is 3.61. The summed E-state index contributed by atoms with van der Waals surface area (Å²) in [4.78, 5) is 27.7. The molecule has 3 aromatic rings. The minimum atomic E-state index is -0.613. The van der Waals surface area contributed by atoms with Crippen LogP contribution in [0.25, 0.3) is 0 Å². The summed E-state index contributed by atoms with van der Waals surface area (Å²) < 4.78 is 20.2. The number of carbonyl (C=O) groups is 2. The third kappa shape index (κ3) is 6.07. The molecule has 1 fully saturated rings. The van der Waals surface area contributed by atoms with E-state index < -0.39 is 11.8 Å². The molecule has 168 valence electrons. The average molecular weight is 447 g/mol. The number of benzene rings is 2. The zero-order valence-electron chi connectivity index (χ0n) is 17.6. The van der Waals surface area contributed by atoms with Gasteiger partial charge in [0.1, 0.15) is 23.1 Å². The number of pyridine rings is 1. The van der Waals surface area contributed by atoms with Crippen LogP contribution in [0.3, 0.4) is 0 Å². The molecule has 1 heterocycles. The van der Waals surface area contributed by atoms with Crippen molar-refractivity contribution < 1.29 is 18.7 Å². The van der Waals surface area contributed by atoms with E-state index in [2.05, 4.69) is 32.8 Å². The van der Waals surface area contributed by atoms with Crippen molar-refractivity contribution in [2.24, 2.45) is 0 Å². The summed E-state index contributed by atoms with van der Waals surface area (Å²) in [5.41, 5.74) is 1.26. The fraction of sp³-hybridized carbons (Fsp3) is 0.125. The highest BCUT2D eigenvalue weighted by molar-refractivity contribution is 6.01. The van der Waals surface area contributed by atoms with Gasteiger partial charge in [-0.15, -0.1) is 0 Å². The number of amides is 3. The van der Waals surface area contributed by atoms with Crippen molar-refractivity contribution in [2.75, 3.05) is 16.0 Å². The number of carbonyl (C=O) groups excluding carboxylic acids is 2. The molecule has 2 aromatic carbocycles. The molecule has 4 N–H and O–H groups in total. The van der Waals surface area contributed by atoms with Crippen LogP contribution in [-0.4, -0.2) is 23.0 Å². The predicted molar refractivity (Wildman–Crippen MR) is 124 cm³/mol. The minimum absolute atomic E-state index is 0.0655. The van der Waals surface area contributed by atoms with E-state index >= 15 is 0 Å². The summed E-state index contributed by atoms with van der Waals surface area (Å²) in [7, 11) is 0. The van der Waals surface area contributed by atoms with Gasteiger partial charge in [-0.2, -0.15) is 0 Å². The minimum Gasteiger partial charge on any atom is -0.457 e. The number of ether oxygens (including phenoxy) is 1. The van der Waals surface area contributed by atoms with E-state index in [1.54, 1.807) is 36.4 Å². The quantitative estimate of drug-likeness (QED) is 0.357. The normalized spacial score (nSPS) is 12.4. The van der Waals surface area contributed by atoms with Gasteiger partial charge in [0.2, 0.25) is 5.91 Å². The summed E-state index contributed by atoms with van der Waals surface area (Å²) in [6, 6.07) is 14.3. The number of para-hydroxylation sites is 2. The summed E-state index contributed by atoms with van der Waals surface area (Å²) >= 11 is 0. The van der Waals surface area contributed by atoms with Crippen LogP contribution in [0, 0.1) is 5.82 Å². The van der Waals surface area contributed by atoms with E-state index in [1.165, 1.54) is 24.4 Å². The van der Waals surface area contributed by atoms with Gasteiger partial charge in [0, 0.05) is 24.4 Å². The van der Waals surface area contributed by atoms with Crippen LogP contribution in [0.4, 0.5) is 32.1 Å². The maximum Gasteiger partial charge on any atom is 0.319 e. The third-order valence-electron chi connectivity index (χ3n) is 4.70. The van der Waals surface area contributed by atoms with Crippen molar-refractivity contribution in [1.82, 2.24) is 10.3 Å². The number of aromatic nitrogens is 1. The largest absolute Gasteiger partial charge is 0.457 e. The Morgan fingerprint density at radius 1 is 1.00 bits per heavy atom. The number of urea groups is 1. The van der Waals surface area contributed by atoms with Gasteiger partial charge >= 0.3 is 6.03 Å². The van der Waals surface area contributed by atoms with E-state index in [4.69, 9.17) is 4.74 Å². The molecule has 0 saturated heterocycles. The molecule has 0 radical (unpaired) electrons. The molecule has 9 heteroatoms. The first-order chi connectivity index (χ1) is 16.0. The molecule has 1 saturated carbocycles. The van der Waals surface area contributed by atoms with E-state index in [-0.39, 0.29) is 23.4 Å². The lowest BCUT2D eigenvalue weighted by atomic mass is 10.2. The number of anilines is 4. The number of nitrogens with zero attached hydrogens (tertiary/aromatic N) is 1. The van der Waals surface area contributed by atoms with E-state index in [9.17, 15) is 14.0 Å². The molecule has 4 rings (SSSR count). The van der Waals surface area contributed by atoms with Gasteiger partial charge < -0.3 is 26.0 Å². The van der Waals surface area contributed by atoms with Gasteiger partial charge in [-0.1, -0.05) is 18.7 Å². The Kier molecular flexibility index (Phi) is 6.49. The van der Waals surface area contributed by atoms with E-state index in [0.717, 1.165) is 12.8 Å². The van der Waals surface area contributed by atoms with Gasteiger partial charge in [0.05, 0.1) is 17.1 Å². The molecule has 0 spiro atoms. The van der Waals surface area contributed by atoms with Crippen LogP contribution < -0.4 is 26.0 Å². The Morgan fingerprint density at radius 3 is 2.48 bits per heavy atom. The van der Waals surface area contributed by atoms with Gasteiger partial charge in [0.25, 0.3) is 0 Å². The van der Waals surface area contributed by atoms with Crippen LogP contribution >= 0.6 is 0 Å². The van der Waals surface area contributed by atoms with Crippen LogP contribution in [0.2, 0.25) is 0 Å². The Bertz CT molecular complexity index is 1200. The van der Waals surface area contributed by atoms with Gasteiger partial charge in [-0.05, 0) is 49.2 Å². The fourth-order valence-corrected chi connectivity index (χ4v) is 2.93. The molecule has 0 bridgehead atoms. The van der Waals surface area contributed by atoms with Crippen LogP contribution in [0.15, 0.2) is 73.4 Å². The zero-order valence-corrected chi connectivity index (χ0v) is 17.6. The molecular weight excluding hydrogens is 425 g/mol. The Balaban J connectivity index is 1.43. The number of nitrogens with one attached hydrogen (secondary N) is 4. The highest BCUT2D eigenvalue weighted by atomic mass is 19.1. The number of rotatable bonds is 8. The highest BCUT2D eigenvalue weighted by Crippen LogP contribution is 2.29. The van der Waals surface area contributed by atoms with E-state index in [0.29, 0.717) is 22.9 Å². The van der Waals surface area contributed by atoms with Gasteiger partial charge in [0.15, 0.2) is 0 Å². The van der Waals surface area contributed by atoms with E-state index in [1.807, 2.05) is 6.07 Å². The van der Waals surface area contributed by atoms with Crippen molar-refractivity contribution in [1.29, 1.82) is 0 Å². The van der Waals surface area contributed by atoms with Crippen LogP contribution in [0.1, 0.15) is 12.8 Å². The SMILES string of the molecule is C=CC(=O)Nc1ccccc1Nc1cc(Oc2ccc(NC(=O)NC3CC3)c(F)c2)ccn1. The molecule has 0 unspecified atom stereocenters. The van der Waals surface area contributed by atoms with Crippen molar-refractivity contribution >= 4 is 34.8 Å². The summed E-state index contributed by atoms with van der Waals surface area (Å²) in [6.45, 7) is 3.45. The first-order valence-electron chi connectivity index (χ1n) is 10.3. The summed E-state index contributed by atoms with van der Waals surface area (Å²) in [6.07, 6.45) is 4.61. The second-order valence-corrected chi connectivity index (χ2v) is 7.36. The Labute approximate surface area is 189 Å². The lowest BCUT2D eigenvalue weighted by Crippen LogP contribution is -2.30. The topological polar surface area (TPSA) is 104 Å². The molecule has 0 aliphatic heterocycles. The number of hydrogen-bond donors (Lipinski definition) is 4. The third-order valence-corrected chi connectivity index (χ3v) is 4.70. The molecule has 0 atom stereocenters. The second-order valence-electron chi connectivity index (χ2n) is 7.36. The molecule has 3 amide bonds. The molecule has 1 aromatic heterocycles. The van der Waals surface area contributed by atoms with Crippen LogP contribution in [0.5, 0.6) is 11.5 Å². The Morgan fingerprint density at radius 2 is 1.76 bits per heavy atom. The molecule has 1 aliphatic carbocycles. The Hall–Kier alpha value is -4.40. The lowest BCUT2D eigenvalue weighted by molar-refractivity contribution is -0.111. The fourth-order valence-electron chi connectivity index (χ4n) is 2.93. The monoisotopic (exact) mass is 447 g/mol. The number of halogens is 1. The second kappa shape index (κ2) is 9.82. The standard InChI is InChI=1S/C24H22FN5O3/c1-2-23(31)29-21-6-4-3-5-20(21)28-22-14-17(11-12-26-22)33-16-9-10-19(18(25)13-16)30-24(32)27-15-7-8-15/h2-6,9-15H,1,7-8H2,(H,26,28)(H,29,31)(H2,27,30,32). The zero-order chi connectivity index (χ0) is 23.2. The van der Waals surface area contributed by atoms with Crippen molar-refractivity contribution in [2.45, 2.75) is 18.9 Å². The predicted octanol–water partition coefficient (Wildman–Crippen LogP) is 5.17. The molecule has 1 aliphatic rings. The summed E-state index contributed by atoms with van der Waals surface area (Å²) in [5.74, 6) is 0.198. The maximum atomic E-state index is 14.4. The van der Waals surface area contributed by atoms with Gasteiger partial charge in [-0.25, -0.2) is 14.2 Å². The summed E-state index contributed by atoms with van der Waals surface area (Å²) in [5, 5.41) is 11.1. The smallest absolute Gasteiger partial charge is 0.319 e. The van der Waals surface area contributed by atoms with Crippen molar-refractivity contribution in [3.8, 4) is 11.5 Å². The number of hydrogen-bond acceptors (Lipinski definition) is 5.